The highest BCUT2D eigenvalue weighted by atomic mass is 35.5. The van der Waals surface area contributed by atoms with Crippen molar-refractivity contribution in [3.63, 3.8) is 0 Å². The summed E-state index contributed by atoms with van der Waals surface area (Å²) < 4.78 is 16.5. The first-order chi connectivity index (χ1) is 12.8. The molecule has 1 saturated heterocycles. The molecule has 1 N–H and O–H groups in total. The molecule has 0 unspecified atom stereocenters. The summed E-state index contributed by atoms with van der Waals surface area (Å²) in [6.45, 7) is 4.30. The molecule has 0 bridgehead atoms. The van der Waals surface area contributed by atoms with Crippen molar-refractivity contribution in [2.45, 2.75) is 24.5 Å². The van der Waals surface area contributed by atoms with Gasteiger partial charge in [0.05, 0.1) is 36.1 Å². The zero-order chi connectivity index (χ0) is 19.6. The molecular formula is C17H19BClN3O4S. The molecule has 1 aromatic carbocycles. The minimum atomic E-state index is -0.627. The Hall–Kier alpha value is -1.81. The number of aromatic nitrogens is 2. The molecule has 1 aliphatic heterocycles. The van der Waals surface area contributed by atoms with Crippen LogP contribution >= 0.6 is 23.4 Å². The van der Waals surface area contributed by atoms with E-state index in [1.165, 1.54) is 25.1 Å². The Labute approximate surface area is 167 Å². The first-order valence-electron chi connectivity index (χ1n) is 8.18. The van der Waals surface area contributed by atoms with E-state index in [-0.39, 0.29) is 0 Å². The summed E-state index contributed by atoms with van der Waals surface area (Å²) in [6.07, 6.45) is 3.41. The number of nitrogens with one attached hydrogen (secondary N) is 1. The van der Waals surface area contributed by atoms with Crippen molar-refractivity contribution in [1.29, 1.82) is 0 Å². The summed E-state index contributed by atoms with van der Waals surface area (Å²) in [7, 11) is 0.706. The van der Waals surface area contributed by atoms with Gasteiger partial charge < -0.3 is 19.4 Å². The van der Waals surface area contributed by atoms with Crippen LogP contribution in [0.3, 0.4) is 0 Å². The van der Waals surface area contributed by atoms with Crippen LogP contribution in [0.1, 0.15) is 24.2 Å². The van der Waals surface area contributed by atoms with Crippen molar-refractivity contribution < 1.29 is 18.8 Å². The number of carbonyl (C=O) groups excluding carboxylic acids is 1. The molecule has 2 aromatic rings. The Kier molecular flexibility index (Phi) is 5.95. The van der Waals surface area contributed by atoms with Crippen molar-refractivity contribution >= 4 is 53.5 Å². The third-order valence-electron chi connectivity index (χ3n) is 3.88. The third kappa shape index (κ3) is 4.55. The van der Waals surface area contributed by atoms with Crippen molar-refractivity contribution in [3.8, 4) is 0 Å². The quantitative estimate of drug-likeness (QED) is 0.351. The zero-order valence-electron chi connectivity index (χ0n) is 15.4. The molecule has 1 aromatic heterocycles. The summed E-state index contributed by atoms with van der Waals surface area (Å²) >= 11 is 7.46. The Morgan fingerprint density at radius 1 is 1.44 bits per heavy atom. The van der Waals surface area contributed by atoms with Crippen LogP contribution in [0.5, 0.6) is 0 Å². The lowest BCUT2D eigenvalue weighted by molar-refractivity contribution is 0.0601. The van der Waals surface area contributed by atoms with Crippen molar-refractivity contribution in [1.82, 2.24) is 9.97 Å². The molecule has 2 heterocycles. The summed E-state index contributed by atoms with van der Waals surface area (Å²) in [5.41, 5.74) is 1.18. The second-order valence-corrected chi connectivity index (χ2v) is 7.69. The molecule has 1 fully saturated rings. The number of methoxy groups -OCH3 is 1. The SMILES string of the molecule is COC(=O)c1cc(Nc2ncc(Cl)c(SC)n2)ccc1B1OCC(C)(C)O1. The molecule has 0 saturated carbocycles. The van der Waals surface area contributed by atoms with E-state index in [1.54, 1.807) is 18.2 Å². The molecule has 0 spiro atoms. The Morgan fingerprint density at radius 3 is 2.85 bits per heavy atom. The summed E-state index contributed by atoms with van der Waals surface area (Å²) in [5, 5.41) is 4.22. The molecule has 0 amide bonds. The van der Waals surface area contributed by atoms with Crippen LogP contribution in [0, 0.1) is 0 Å². The predicted octanol–water partition coefficient (Wildman–Crippen LogP) is 2.90. The lowest BCUT2D eigenvalue weighted by Gasteiger charge is -2.17. The normalized spacial score (nSPS) is 15.7. The highest BCUT2D eigenvalue weighted by molar-refractivity contribution is 7.98. The zero-order valence-corrected chi connectivity index (χ0v) is 17.0. The number of nitrogens with zero attached hydrogens (tertiary/aromatic N) is 2. The van der Waals surface area contributed by atoms with E-state index >= 15 is 0 Å². The Balaban J connectivity index is 1.91. The minimum Gasteiger partial charge on any atom is -0.465 e. The van der Waals surface area contributed by atoms with Gasteiger partial charge in [-0.05, 0) is 37.7 Å². The van der Waals surface area contributed by atoms with Gasteiger partial charge in [-0.2, -0.15) is 0 Å². The van der Waals surface area contributed by atoms with Gasteiger partial charge in [0.25, 0.3) is 0 Å². The van der Waals surface area contributed by atoms with Gasteiger partial charge in [0, 0.05) is 5.69 Å². The number of anilines is 2. The van der Waals surface area contributed by atoms with Gasteiger partial charge in [0.15, 0.2) is 0 Å². The second kappa shape index (κ2) is 8.06. The van der Waals surface area contributed by atoms with Gasteiger partial charge in [-0.1, -0.05) is 17.7 Å². The lowest BCUT2D eigenvalue weighted by atomic mass is 9.76. The number of carbonyl (C=O) groups is 1. The minimum absolute atomic E-state index is 0.351. The Bertz CT molecular complexity index is 868. The monoisotopic (exact) mass is 407 g/mol. The van der Waals surface area contributed by atoms with Gasteiger partial charge in [-0.25, -0.2) is 14.8 Å². The van der Waals surface area contributed by atoms with Gasteiger partial charge in [0.2, 0.25) is 5.95 Å². The van der Waals surface area contributed by atoms with Crippen molar-refractivity contribution in [3.05, 3.63) is 35.0 Å². The van der Waals surface area contributed by atoms with E-state index in [0.717, 1.165) is 0 Å². The number of rotatable bonds is 5. The van der Waals surface area contributed by atoms with Gasteiger partial charge in [-0.3, -0.25) is 0 Å². The van der Waals surface area contributed by atoms with Crippen LogP contribution in [0.4, 0.5) is 11.6 Å². The lowest BCUT2D eigenvalue weighted by Crippen LogP contribution is -2.38. The van der Waals surface area contributed by atoms with E-state index in [9.17, 15) is 4.79 Å². The van der Waals surface area contributed by atoms with Crippen LogP contribution in [-0.2, 0) is 14.0 Å². The predicted molar refractivity (Wildman–Crippen MR) is 106 cm³/mol. The van der Waals surface area contributed by atoms with E-state index in [0.29, 0.717) is 39.3 Å². The third-order valence-corrected chi connectivity index (χ3v) is 4.97. The molecule has 7 nitrogen and oxygen atoms in total. The maximum atomic E-state index is 12.3. The number of hydrogen-bond acceptors (Lipinski definition) is 8. The van der Waals surface area contributed by atoms with E-state index in [4.69, 9.17) is 25.6 Å². The number of halogens is 1. The molecule has 0 radical (unpaired) electrons. The highest BCUT2D eigenvalue weighted by Crippen LogP contribution is 2.25. The first-order valence-corrected chi connectivity index (χ1v) is 9.78. The van der Waals surface area contributed by atoms with E-state index in [1.807, 2.05) is 20.1 Å². The fourth-order valence-corrected chi connectivity index (χ4v) is 3.35. The number of hydrogen-bond donors (Lipinski definition) is 1. The van der Waals surface area contributed by atoms with Gasteiger partial charge in [0.1, 0.15) is 5.03 Å². The first kappa shape index (κ1) is 19.9. The number of thioether (sulfide) groups is 1. The number of ether oxygens (including phenoxy) is 1. The Morgan fingerprint density at radius 2 is 2.22 bits per heavy atom. The van der Waals surface area contributed by atoms with E-state index in [2.05, 4.69) is 15.3 Å². The number of benzene rings is 1. The van der Waals surface area contributed by atoms with Crippen molar-refractivity contribution in [2.24, 2.45) is 0 Å². The maximum Gasteiger partial charge on any atom is 0.495 e. The van der Waals surface area contributed by atoms with Gasteiger partial charge in [-0.15, -0.1) is 11.8 Å². The molecule has 0 atom stereocenters. The summed E-state index contributed by atoms with van der Waals surface area (Å²) in [5.74, 6) is -0.103. The second-order valence-electron chi connectivity index (χ2n) is 6.49. The standard InChI is InChI=1S/C17H19BClN3O4S/c1-17(2)9-25-18(26-17)12-6-5-10(7-11(12)15(23)24-3)21-16-20-8-13(19)14(22-16)27-4/h5-8H,9H2,1-4H3,(H,20,21,22). The van der Waals surface area contributed by atoms with E-state index < -0.39 is 18.7 Å². The average Bonchev–Trinajstić information content (AvgIpc) is 3.02. The van der Waals surface area contributed by atoms with Crippen molar-refractivity contribution in [2.75, 3.05) is 25.3 Å². The highest BCUT2D eigenvalue weighted by Gasteiger charge is 2.40. The van der Waals surface area contributed by atoms with Crippen LogP contribution in [0.25, 0.3) is 0 Å². The molecule has 142 valence electrons. The fraction of sp³-hybridized carbons (Fsp3) is 0.353. The molecule has 1 aliphatic rings. The summed E-state index contributed by atoms with van der Waals surface area (Å²) in [6, 6.07) is 5.23. The fourth-order valence-electron chi connectivity index (χ4n) is 2.60. The van der Waals surface area contributed by atoms with Crippen LogP contribution in [-0.4, -0.2) is 48.6 Å². The molecule has 27 heavy (non-hydrogen) atoms. The molecule has 10 heteroatoms. The smallest absolute Gasteiger partial charge is 0.465 e. The van der Waals surface area contributed by atoms with Crippen LogP contribution in [0.15, 0.2) is 29.4 Å². The molecule has 0 aliphatic carbocycles. The average molecular weight is 408 g/mol. The largest absolute Gasteiger partial charge is 0.495 e. The number of esters is 1. The van der Waals surface area contributed by atoms with Crippen LogP contribution < -0.4 is 10.8 Å². The summed E-state index contributed by atoms with van der Waals surface area (Å²) in [4.78, 5) is 20.8. The molecule has 3 rings (SSSR count). The van der Waals surface area contributed by atoms with Gasteiger partial charge >= 0.3 is 13.1 Å². The maximum absolute atomic E-state index is 12.3. The topological polar surface area (TPSA) is 82.6 Å². The van der Waals surface area contributed by atoms with Crippen LogP contribution in [0.2, 0.25) is 5.02 Å². The molecular weight excluding hydrogens is 389 g/mol.